The summed E-state index contributed by atoms with van der Waals surface area (Å²) in [6.45, 7) is 4.53. The van der Waals surface area contributed by atoms with Gasteiger partial charge in [-0.3, -0.25) is 9.59 Å². The third kappa shape index (κ3) is 4.20. The van der Waals surface area contributed by atoms with Crippen molar-refractivity contribution in [2.45, 2.75) is 26.7 Å². The van der Waals surface area contributed by atoms with Crippen molar-refractivity contribution in [1.29, 1.82) is 0 Å². The van der Waals surface area contributed by atoms with E-state index in [4.69, 9.17) is 14.2 Å². The van der Waals surface area contributed by atoms with Gasteiger partial charge in [0.25, 0.3) is 5.91 Å². The van der Waals surface area contributed by atoms with E-state index in [0.717, 1.165) is 30.6 Å². The van der Waals surface area contributed by atoms with E-state index in [1.165, 1.54) is 21.3 Å². The number of carbonyl (C=O) groups excluding carboxylic acids is 2. The van der Waals surface area contributed by atoms with E-state index in [0.29, 0.717) is 28.5 Å². The SMILES string of the molecule is COc1cc(C(=O)Nc2ccc3c(c2)CCCN3C(=O)C(C)C)cc(OC)c1OC. The fourth-order valence-corrected chi connectivity index (χ4v) is 3.63. The Balaban J connectivity index is 1.85. The Labute approximate surface area is 176 Å². The number of hydrogen-bond donors (Lipinski definition) is 1. The second kappa shape index (κ2) is 9.07. The van der Waals surface area contributed by atoms with Crippen LogP contribution in [-0.2, 0) is 11.2 Å². The zero-order valence-corrected chi connectivity index (χ0v) is 18.1. The molecule has 0 fully saturated rings. The molecule has 0 spiro atoms. The smallest absolute Gasteiger partial charge is 0.255 e. The standard InChI is InChI=1S/C23H28N2O5/c1-14(2)23(27)25-10-6-7-15-11-17(8-9-18(15)25)24-22(26)16-12-19(28-3)21(30-5)20(13-16)29-4/h8-9,11-14H,6-7,10H2,1-5H3,(H,24,26). The van der Waals surface area contributed by atoms with Gasteiger partial charge in [-0.1, -0.05) is 13.8 Å². The lowest BCUT2D eigenvalue weighted by Crippen LogP contribution is -2.38. The molecule has 7 heteroatoms. The molecule has 7 nitrogen and oxygen atoms in total. The van der Waals surface area contributed by atoms with E-state index < -0.39 is 0 Å². The van der Waals surface area contributed by atoms with Crippen LogP contribution in [0.1, 0.15) is 36.2 Å². The number of aryl methyl sites for hydroxylation is 1. The van der Waals surface area contributed by atoms with Gasteiger partial charge in [0.15, 0.2) is 11.5 Å². The molecule has 0 radical (unpaired) electrons. The van der Waals surface area contributed by atoms with E-state index in [-0.39, 0.29) is 17.7 Å². The van der Waals surface area contributed by atoms with Crippen LogP contribution in [0.4, 0.5) is 11.4 Å². The monoisotopic (exact) mass is 412 g/mol. The highest BCUT2D eigenvalue weighted by Crippen LogP contribution is 2.38. The molecule has 1 N–H and O–H groups in total. The predicted octanol–water partition coefficient (Wildman–Crippen LogP) is 3.90. The third-order valence-electron chi connectivity index (χ3n) is 5.14. The van der Waals surface area contributed by atoms with Crippen molar-refractivity contribution in [3.8, 4) is 17.2 Å². The van der Waals surface area contributed by atoms with E-state index in [1.54, 1.807) is 12.1 Å². The molecule has 0 saturated carbocycles. The molecule has 3 rings (SSSR count). The minimum absolute atomic E-state index is 0.0598. The first kappa shape index (κ1) is 21.5. The highest BCUT2D eigenvalue weighted by atomic mass is 16.5. The van der Waals surface area contributed by atoms with Crippen LogP contribution in [0, 0.1) is 5.92 Å². The third-order valence-corrected chi connectivity index (χ3v) is 5.14. The Kier molecular flexibility index (Phi) is 6.50. The zero-order valence-electron chi connectivity index (χ0n) is 18.1. The van der Waals surface area contributed by atoms with E-state index in [9.17, 15) is 9.59 Å². The van der Waals surface area contributed by atoms with Crippen molar-refractivity contribution in [3.63, 3.8) is 0 Å². The van der Waals surface area contributed by atoms with Gasteiger partial charge in [0.2, 0.25) is 11.7 Å². The maximum atomic E-state index is 12.9. The first-order valence-electron chi connectivity index (χ1n) is 9.95. The van der Waals surface area contributed by atoms with Gasteiger partial charge in [-0.25, -0.2) is 0 Å². The van der Waals surface area contributed by atoms with Crippen LogP contribution in [0.3, 0.4) is 0 Å². The van der Waals surface area contributed by atoms with Crippen LogP contribution in [0.2, 0.25) is 0 Å². The molecule has 0 atom stereocenters. The van der Waals surface area contributed by atoms with Gasteiger partial charge in [-0.05, 0) is 48.7 Å². The lowest BCUT2D eigenvalue weighted by molar-refractivity contribution is -0.121. The van der Waals surface area contributed by atoms with Gasteiger partial charge in [-0.2, -0.15) is 0 Å². The molecule has 30 heavy (non-hydrogen) atoms. The summed E-state index contributed by atoms with van der Waals surface area (Å²) in [5.74, 6) is 1.02. The summed E-state index contributed by atoms with van der Waals surface area (Å²) in [6.07, 6.45) is 1.76. The fraction of sp³-hybridized carbons (Fsp3) is 0.391. The minimum atomic E-state index is -0.292. The highest BCUT2D eigenvalue weighted by molar-refractivity contribution is 6.05. The lowest BCUT2D eigenvalue weighted by Gasteiger charge is -2.31. The number of ether oxygens (including phenoxy) is 3. The molecule has 2 amide bonds. The van der Waals surface area contributed by atoms with Gasteiger partial charge in [0, 0.05) is 29.4 Å². The molecular formula is C23H28N2O5. The first-order chi connectivity index (χ1) is 14.4. The summed E-state index contributed by atoms with van der Waals surface area (Å²) in [7, 11) is 4.53. The number of fused-ring (bicyclic) bond motifs is 1. The summed E-state index contributed by atoms with van der Waals surface area (Å²) in [5, 5.41) is 2.92. The van der Waals surface area contributed by atoms with Gasteiger partial charge in [0.1, 0.15) is 0 Å². The quantitative estimate of drug-likeness (QED) is 0.779. The van der Waals surface area contributed by atoms with Crippen LogP contribution in [-0.4, -0.2) is 39.7 Å². The van der Waals surface area contributed by atoms with Gasteiger partial charge < -0.3 is 24.4 Å². The van der Waals surface area contributed by atoms with Gasteiger partial charge in [0.05, 0.1) is 21.3 Å². The summed E-state index contributed by atoms with van der Waals surface area (Å²) in [6, 6.07) is 8.88. The number of carbonyl (C=O) groups is 2. The van der Waals surface area contributed by atoms with Crippen LogP contribution < -0.4 is 24.4 Å². The Morgan fingerprint density at radius 3 is 2.23 bits per heavy atom. The Bertz CT molecular complexity index is 930. The summed E-state index contributed by atoms with van der Waals surface area (Å²) < 4.78 is 16.0. The molecule has 0 aliphatic carbocycles. The van der Waals surface area contributed by atoms with Gasteiger partial charge >= 0.3 is 0 Å². The molecular weight excluding hydrogens is 384 g/mol. The minimum Gasteiger partial charge on any atom is -0.493 e. The average molecular weight is 412 g/mol. The zero-order chi connectivity index (χ0) is 21.8. The van der Waals surface area contributed by atoms with Crippen molar-refractivity contribution in [2.24, 2.45) is 5.92 Å². The molecule has 0 aromatic heterocycles. The highest BCUT2D eigenvalue weighted by Gasteiger charge is 2.25. The van der Waals surface area contributed by atoms with E-state index in [1.807, 2.05) is 36.9 Å². The van der Waals surface area contributed by atoms with E-state index >= 15 is 0 Å². The van der Waals surface area contributed by atoms with Gasteiger partial charge in [-0.15, -0.1) is 0 Å². The normalized spacial score (nSPS) is 12.9. The second-order valence-corrected chi connectivity index (χ2v) is 7.46. The number of hydrogen-bond acceptors (Lipinski definition) is 5. The number of rotatable bonds is 6. The maximum absolute atomic E-state index is 12.9. The maximum Gasteiger partial charge on any atom is 0.255 e. The van der Waals surface area contributed by atoms with Crippen molar-refractivity contribution >= 4 is 23.2 Å². The lowest BCUT2D eigenvalue weighted by atomic mass is 9.99. The van der Waals surface area contributed by atoms with Crippen LogP contribution in [0.5, 0.6) is 17.2 Å². The predicted molar refractivity (Wildman–Crippen MR) is 116 cm³/mol. The summed E-state index contributed by atoms with van der Waals surface area (Å²) in [5.41, 5.74) is 3.04. The summed E-state index contributed by atoms with van der Waals surface area (Å²) >= 11 is 0. The second-order valence-electron chi connectivity index (χ2n) is 7.46. The van der Waals surface area contributed by atoms with Crippen LogP contribution in [0.15, 0.2) is 30.3 Å². The van der Waals surface area contributed by atoms with Crippen LogP contribution in [0.25, 0.3) is 0 Å². The van der Waals surface area contributed by atoms with Crippen molar-refractivity contribution in [1.82, 2.24) is 0 Å². The number of anilines is 2. The fourth-order valence-electron chi connectivity index (χ4n) is 3.63. The molecule has 160 valence electrons. The molecule has 0 saturated heterocycles. The molecule has 0 unspecified atom stereocenters. The average Bonchev–Trinajstić information content (AvgIpc) is 2.76. The number of nitrogens with one attached hydrogen (secondary N) is 1. The largest absolute Gasteiger partial charge is 0.493 e. The molecule has 0 bridgehead atoms. The van der Waals surface area contributed by atoms with Crippen molar-refractivity contribution in [2.75, 3.05) is 38.1 Å². The summed E-state index contributed by atoms with van der Waals surface area (Å²) in [4.78, 5) is 27.2. The molecule has 1 aliphatic rings. The molecule has 1 heterocycles. The number of amides is 2. The topological polar surface area (TPSA) is 77.1 Å². The molecule has 2 aromatic rings. The van der Waals surface area contributed by atoms with Crippen molar-refractivity contribution < 1.29 is 23.8 Å². The van der Waals surface area contributed by atoms with Crippen LogP contribution >= 0.6 is 0 Å². The van der Waals surface area contributed by atoms with E-state index in [2.05, 4.69) is 5.32 Å². The number of benzene rings is 2. The Morgan fingerprint density at radius 1 is 1.00 bits per heavy atom. The molecule has 1 aliphatic heterocycles. The molecule has 2 aromatic carbocycles. The number of methoxy groups -OCH3 is 3. The first-order valence-corrected chi connectivity index (χ1v) is 9.95. The Morgan fingerprint density at radius 2 is 1.67 bits per heavy atom. The van der Waals surface area contributed by atoms with Crippen molar-refractivity contribution in [3.05, 3.63) is 41.5 Å². The number of nitrogens with zero attached hydrogens (tertiary/aromatic N) is 1. The Hall–Kier alpha value is -3.22.